The Morgan fingerprint density at radius 1 is 0.373 bits per heavy atom. The molecule has 0 aromatic rings. The molecule has 83 heavy (non-hydrogen) atoms. The van der Waals surface area contributed by atoms with Gasteiger partial charge in [-0.25, -0.2) is 4.79 Å². The van der Waals surface area contributed by atoms with Crippen LogP contribution in [-0.4, -0.2) is 87.4 Å². The zero-order valence-corrected chi connectivity index (χ0v) is 55.1. The number of hydrogen-bond donors (Lipinski definition) is 1. The number of carbonyl (C=O) groups is 3. The molecule has 2 unspecified atom stereocenters. The van der Waals surface area contributed by atoms with E-state index in [-0.39, 0.29) is 32.2 Å². The number of carbonyl (C=O) groups excluding carboxylic acids is 2. The van der Waals surface area contributed by atoms with Gasteiger partial charge in [0.1, 0.15) is 13.2 Å². The SMILES string of the molecule is CC/C=C\C/C=C\C/C=C\C/C=C\C/C=C\CCCCCCCC(=O)OC(COC(=O)CCCCCCCCCCCCCCCCCCCCCCCCCCC/C=C\CCCCCCCCCC)COC(OCC[N+](C)(C)C)C(=O)O. The van der Waals surface area contributed by atoms with Crippen LogP contribution < -0.4 is 0 Å². The maximum absolute atomic E-state index is 12.9. The lowest BCUT2D eigenvalue weighted by atomic mass is 10.0. The van der Waals surface area contributed by atoms with Gasteiger partial charge in [0.25, 0.3) is 6.29 Å². The number of ether oxygens (including phenoxy) is 4. The van der Waals surface area contributed by atoms with E-state index in [0.717, 1.165) is 83.5 Å². The highest BCUT2D eigenvalue weighted by Crippen LogP contribution is 2.18. The van der Waals surface area contributed by atoms with Crippen molar-refractivity contribution < 1.29 is 42.9 Å². The number of quaternary nitrogens is 1. The van der Waals surface area contributed by atoms with Crippen molar-refractivity contribution in [2.45, 2.75) is 334 Å². The third kappa shape index (κ3) is 66.1. The summed E-state index contributed by atoms with van der Waals surface area (Å²) in [5.41, 5.74) is 0. The Morgan fingerprint density at radius 3 is 1.04 bits per heavy atom. The van der Waals surface area contributed by atoms with Crippen molar-refractivity contribution >= 4 is 17.9 Å². The Kier molecular flexibility index (Phi) is 62.2. The van der Waals surface area contributed by atoms with Crippen molar-refractivity contribution in [3.05, 3.63) is 72.9 Å². The largest absolute Gasteiger partial charge is 0.477 e. The first-order valence-electron chi connectivity index (χ1n) is 35.1. The Morgan fingerprint density at radius 2 is 0.687 bits per heavy atom. The number of allylic oxidation sites excluding steroid dienone is 12. The van der Waals surface area contributed by atoms with E-state index in [1.165, 1.54) is 205 Å². The normalized spacial score (nSPS) is 13.1. The average Bonchev–Trinajstić information content (AvgIpc) is 3.46. The molecule has 0 aliphatic rings. The predicted octanol–water partition coefficient (Wildman–Crippen LogP) is 21.7. The Bertz CT molecular complexity index is 1590. The van der Waals surface area contributed by atoms with Gasteiger partial charge in [-0.2, -0.15) is 0 Å². The quantitative estimate of drug-likeness (QED) is 0.0211. The molecule has 0 fully saturated rings. The van der Waals surface area contributed by atoms with Crippen molar-refractivity contribution in [1.29, 1.82) is 0 Å². The molecule has 0 aromatic carbocycles. The molecular weight excluding hydrogens is 1030 g/mol. The van der Waals surface area contributed by atoms with Gasteiger partial charge in [0.05, 0.1) is 34.4 Å². The molecule has 0 amide bonds. The van der Waals surface area contributed by atoms with Crippen molar-refractivity contribution in [3.63, 3.8) is 0 Å². The van der Waals surface area contributed by atoms with Crippen molar-refractivity contribution in [1.82, 2.24) is 0 Å². The smallest absolute Gasteiger partial charge is 0.361 e. The molecule has 1 N–H and O–H groups in total. The van der Waals surface area contributed by atoms with Crippen LogP contribution in [-0.2, 0) is 33.3 Å². The topological polar surface area (TPSA) is 108 Å². The van der Waals surface area contributed by atoms with Gasteiger partial charge in [-0.3, -0.25) is 9.59 Å². The average molecular weight is 1170 g/mol. The highest BCUT2D eigenvalue weighted by atomic mass is 16.7. The number of esters is 2. The van der Waals surface area contributed by atoms with Crippen LogP contribution in [0.1, 0.15) is 322 Å². The molecule has 9 nitrogen and oxygen atoms in total. The third-order valence-corrected chi connectivity index (χ3v) is 15.4. The van der Waals surface area contributed by atoms with Gasteiger partial charge >= 0.3 is 17.9 Å². The van der Waals surface area contributed by atoms with E-state index in [0.29, 0.717) is 23.9 Å². The van der Waals surface area contributed by atoms with Crippen LogP contribution in [0.3, 0.4) is 0 Å². The van der Waals surface area contributed by atoms with Crippen LogP contribution in [0, 0.1) is 0 Å². The number of likely N-dealkylation sites (N-methyl/N-ethyl adjacent to an activating group) is 1. The molecule has 0 saturated heterocycles. The van der Waals surface area contributed by atoms with Gasteiger partial charge in [0.2, 0.25) is 0 Å². The summed E-state index contributed by atoms with van der Waals surface area (Å²) >= 11 is 0. The van der Waals surface area contributed by atoms with Crippen LogP contribution in [0.2, 0.25) is 0 Å². The summed E-state index contributed by atoms with van der Waals surface area (Å²) in [6.07, 6.45) is 83.2. The number of unbranched alkanes of at least 4 members (excludes halogenated alkanes) is 38. The minimum atomic E-state index is -1.52. The van der Waals surface area contributed by atoms with E-state index < -0.39 is 24.3 Å². The molecule has 2 atom stereocenters. The molecule has 482 valence electrons. The maximum atomic E-state index is 12.9. The summed E-state index contributed by atoms with van der Waals surface area (Å²) in [4.78, 5) is 37.6. The number of nitrogens with zero attached hydrogens (tertiary/aromatic N) is 1. The molecule has 0 heterocycles. The fourth-order valence-electron chi connectivity index (χ4n) is 10.1. The van der Waals surface area contributed by atoms with Gasteiger partial charge in [0.15, 0.2) is 6.10 Å². The first-order valence-corrected chi connectivity index (χ1v) is 35.1. The molecule has 0 rings (SSSR count). The molecule has 0 bridgehead atoms. The molecule has 0 radical (unpaired) electrons. The number of hydrogen-bond acceptors (Lipinski definition) is 7. The molecule has 0 aliphatic carbocycles. The highest BCUT2D eigenvalue weighted by Gasteiger charge is 2.25. The second kappa shape index (κ2) is 64.7. The summed E-state index contributed by atoms with van der Waals surface area (Å²) in [5.74, 6) is -2.02. The third-order valence-electron chi connectivity index (χ3n) is 15.4. The predicted molar refractivity (Wildman–Crippen MR) is 355 cm³/mol. The first-order chi connectivity index (χ1) is 40.6. The van der Waals surface area contributed by atoms with Gasteiger partial charge in [-0.15, -0.1) is 0 Å². The molecule has 0 spiro atoms. The fraction of sp³-hybridized carbons (Fsp3) is 0.797. The lowest BCUT2D eigenvalue weighted by Crippen LogP contribution is -2.40. The summed E-state index contributed by atoms with van der Waals surface area (Å²) < 4.78 is 22.9. The molecule has 0 aromatic heterocycles. The number of carboxylic acid groups (broad SMARTS) is 1. The van der Waals surface area contributed by atoms with Crippen molar-refractivity contribution in [2.24, 2.45) is 0 Å². The second-order valence-electron chi connectivity index (χ2n) is 24.8. The van der Waals surface area contributed by atoms with E-state index in [4.69, 9.17) is 18.9 Å². The number of aliphatic carboxylic acids is 1. The summed E-state index contributed by atoms with van der Waals surface area (Å²) in [6, 6.07) is 0. The van der Waals surface area contributed by atoms with Crippen LogP contribution in [0.5, 0.6) is 0 Å². The molecular formula is C74H134NO8+. The summed E-state index contributed by atoms with van der Waals surface area (Å²) in [5, 5.41) is 9.73. The Hall–Kier alpha value is -3.27. The summed E-state index contributed by atoms with van der Waals surface area (Å²) in [6.45, 7) is 4.77. The monoisotopic (exact) mass is 1170 g/mol. The maximum Gasteiger partial charge on any atom is 0.361 e. The van der Waals surface area contributed by atoms with Gasteiger partial charge < -0.3 is 28.5 Å². The Labute approximate surface area is 513 Å². The minimum absolute atomic E-state index is 0.182. The minimum Gasteiger partial charge on any atom is -0.477 e. The standard InChI is InChI=1S/C74H133NO8/c1-6-8-10-12-14-16-18-20-22-24-26-28-29-30-31-32-33-34-35-36-37-38-39-40-41-42-43-45-46-48-50-52-54-56-58-60-62-64-71(76)81-68-70(69-82-74(73(78)79)80-67-66-75(3,4)5)83-72(77)65-63-61-59-57-55-53-51-49-47-44-27-25-23-21-19-17-15-13-11-9-7-2/h9,11,15,17,21,23-24,26-27,44,49,51,70,74H,6-8,10,12-14,16,18-20,22,25,28-43,45-48,50,52-69H2,1-5H3/p+1/b11-9-,17-15-,23-21-,26-24-,44-27-,51-49-. The summed E-state index contributed by atoms with van der Waals surface area (Å²) in [7, 11) is 5.97. The van der Waals surface area contributed by atoms with Gasteiger partial charge in [0, 0.05) is 12.8 Å². The lowest BCUT2D eigenvalue weighted by Gasteiger charge is -2.25. The van der Waals surface area contributed by atoms with Crippen LogP contribution >= 0.6 is 0 Å². The molecule has 9 heteroatoms. The number of rotatable bonds is 65. The Balaban J connectivity index is 4.02. The van der Waals surface area contributed by atoms with Crippen LogP contribution in [0.4, 0.5) is 0 Å². The molecule has 0 saturated carbocycles. The van der Waals surface area contributed by atoms with E-state index in [1.54, 1.807) is 0 Å². The van der Waals surface area contributed by atoms with E-state index in [1.807, 2.05) is 21.1 Å². The van der Waals surface area contributed by atoms with E-state index >= 15 is 0 Å². The van der Waals surface area contributed by atoms with E-state index in [9.17, 15) is 19.5 Å². The zero-order valence-electron chi connectivity index (χ0n) is 55.1. The van der Waals surface area contributed by atoms with Crippen LogP contribution in [0.15, 0.2) is 72.9 Å². The second-order valence-corrected chi connectivity index (χ2v) is 24.8. The fourth-order valence-corrected chi connectivity index (χ4v) is 10.1. The van der Waals surface area contributed by atoms with Crippen LogP contribution in [0.25, 0.3) is 0 Å². The van der Waals surface area contributed by atoms with Crippen molar-refractivity contribution in [3.8, 4) is 0 Å². The number of carboxylic acids is 1. The first kappa shape index (κ1) is 79.7. The van der Waals surface area contributed by atoms with Crippen molar-refractivity contribution in [2.75, 3.05) is 47.5 Å². The van der Waals surface area contributed by atoms with Gasteiger partial charge in [-0.05, 0) is 83.5 Å². The van der Waals surface area contributed by atoms with E-state index in [2.05, 4.69) is 86.8 Å². The molecule has 0 aliphatic heterocycles. The lowest BCUT2D eigenvalue weighted by molar-refractivity contribution is -0.870. The van der Waals surface area contributed by atoms with Gasteiger partial charge in [-0.1, -0.05) is 299 Å². The zero-order chi connectivity index (χ0) is 60.5. The highest BCUT2D eigenvalue weighted by molar-refractivity contribution is 5.71.